The third-order valence-electron chi connectivity index (χ3n) is 7.11. The lowest BCUT2D eigenvalue weighted by atomic mass is 10.0. The SMILES string of the molecule is CC(=O)N(C(=O)N(C[C@H](OC1CCOCC1)c1ccccc1COCc1ccccc1)N(C)/C=C\O)C(C)(C)C(=O)O. The molecule has 11 heteroatoms. The monoisotopic (exact) mass is 583 g/mol. The highest BCUT2D eigenvalue weighted by Gasteiger charge is 2.44. The average molecular weight is 584 g/mol. The summed E-state index contributed by atoms with van der Waals surface area (Å²) in [4.78, 5) is 39.3. The van der Waals surface area contributed by atoms with E-state index in [-0.39, 0.29) is 19.3 Å². The Hall–Kier alpha value is -3.93. The highest BCUT2D eigenvalue weighted by Crippen LogP contribution is 2.29. The predicted molar refractivity (Wildman–Crippen MR) is 155 cm³/mol. The molecule has 0 radical (unpaired) electrons. The van der Waals surface area contributed by atoms with Gasteiger partial charge in [-0.05, 0) is 43.4 Å². The van der Waals surface area contributed by atoms with Gasteiger partial charge in [-0.15, -0.1) is 0 Å². The number of benzene rings is 2. The molecule has 3 amide bonds. The summed E-state index contributed by atoms with van der Waals surface area (Å²) >= 11 is 0. The molecule has 1 saturated heterocycles. The Bertz CT molecular complexity index is 1210. The number of carbonyl (C=O) groups excluding carboxylic acids is 2. The number of aliphatic carboxylic acids is 1. The number of urea groups is 1. The van der Waals surface area contributed by atoms with E-state index in [4.69, 9.17) is 14.2 Å². The summed E-state index contributed by atoms with van der Waals surface area (Å²) in [6.45, 7) is 5.38. The van der Waals surface area contributed by atoms with Gasteiger partial charge in [-0.2, -0.15) is 0 Å². The van der Waals surface area contributed by atoms with Crippen LogP contribution in [0.2, 0.25) is 0 Å². The molecule has 1 atom stereocenters. The van der Waals surface area contributed by atoms with Crippen LogP contribution in [0.1, 0.15) is 56.4 Å². The minimum atomic E-state index is -1.84. The summed E-state index contributed by atoms with van der Waals surface area (Å²) < 4.78 is 18.1. The first kappa shape index (κ1) is 32.6. The molecule has 1 aliphatic heterocycles. The van der Waals surface area contributed by atoms with Crippen LogP contribution in [0.3, 0.4) is 0 Å². The first-order chi connectivity index (χ1) is 20.1. The van der Waals surface area contributed by atoms with Crippen LogP contribution < -0.4 is 0 Å². The summed E-state index contributed by atoms with van der Waals surface area (Å²) in [5, 5.41) is 21.8. The second-order valence-electron chi connectivity index (χ2n) is 10.6. The Balaban J connectivity index is 1.98. The van der Waals surface area contributed by atoms with E-state index < -0.39 is 29.6 Å². The van der Waals surface area contributed by atoms with Crippen molar-refractivity contribution >= 4 is 17.9 Å². The van der Waals surface area contributed by atoms with Gasteiger partial charge in [0.1, 0.15) is 11.6 Å². The van der Waals surface area contributed by atoms with E-state index in [9.17, 15) is 24.6 Å². The molecule has 2 aromatic rings. The molecule has 1 heterocycles. The number of nitrogens with zero attached hydrogens (tertiary/aromatic N) is 3. The molecule has 42 heavy (non-hydrogen) atoms. The smallest absolute Gasteiger partial charge is 0.346 e. The Kier molecular flexibility index (Phi) is 11.9. The van der Waals surface area contributed by atoms with Crippen molar-refractivity contribution in [3.63, 3.8) is 0 Å². The van der Waals surface area contributed by atoms with Crippen LogP contribution in [-0.2, 0) is 37.0 Å². The molecular formula is C31H41N3O8. The third kappa shape index (κ3) is 8.54. The van der Waals surface area contributed by atoms with Crippen LogP contribution in [0.15, 0.2) is 67.1 Å². The Morgan fingerprint density at radius 3 is 2.31 bits per heavy atom. The number of rotatable bonds is 13. The van der Waals surface area contributed by atoms with Crippen LogP contribution >= 0.6 is 0 Å². The summed E-state index contributed by atoms with van der Waals surface area (Å²) in [7, 11) is 1.51. The molecule has 0 bridgehead atoms. The van der Waals surface area contributed by atoms with Crippen molar-refractivity contribution in [1.82, 2.24) is 14.9 Å². The standard InChI is InChI=1S/C31H41N3O8/c1-23(36)34(31(2,3)29(37)38)30(39)33(32(4)16-17-35)20-28(42-26-14-18-40-19-15-26)27-13-9-8-12-25(27)22-41-21-24-10-6-5-7-11-24/h5-13,16-17,26,28,35H,14-15,18-22H2,1-4H3,(H,37,38)/b17-16-/t28-/m0/s1. The van der Waals surface area contributed by atoms with Crippen LogP contribution in [0.25, 0.3) is 0 Å². The number of hydrazine groups is 1. The van der Waals surface area contributed by atoms with Gasteiger partial charge in [-0.25, -0.2) is 19.5 Å². The van der Waals surface area contributed by atoms with Crippen molar-refractivity contribution in [3.05, 3.63) is 83.7 Å². The fraction of sp³-hybridized carbons (Fsp3) is 0.452. The number of carboxylic acid groups (broad SMARTS) is 1. The lowest BCUT2D eigenvalue weighted by Gasteiger charge is -2.41. The first-order valence-corrected chi connectivity index (χ1v) is 13.9. The molecule has 2 N–H and O–H groups in total. The molecule has 0 aliphatic carbocycles. The van der Waals surface area contributed by atoms with E-state index in [1.807, 2.05) is 54.6 Å². The molecular weight excluding hydrogens is 542 g/mol. The van der Waals surface area contributed by atoms with Gasteiger partial charge in [-0.1, -0.05) is 54.6 Å². The van der Waals surface area contributed by atoms with Crippen molar-refractivity contribution in [2.45, 2.75) is 64.6 Å². The van der Waals surface area contributed by atoms with E-state index in [0.29, 0.717) is 37.6 Å². The van der Waals surface area contributed by atoms with E-state index in [0.717, 1.165) is 29.9 Å². The zero-order valence-electron chi connectivity index (χ0n) is 24.6. The first-order valence-electron chi connectivity index (χ1n) is 13.9. The normalized spacial score (nSPS) is 14.9. The highest BCUT2D eigenvalue weighted by atomic mass is 16.5. The van der Waals surface area contributed by atoms with Crippen LogP contribution in [0, 0.1) is 0 Å². The van der Waals surface area contributed by atoms with Crippen LogP contribution in [0.5, 0.6) is 0 Å². The Labute approximate surface area is 246 Å². The fourth-order valence-corrected chi connectivity index (χ4v) is 4.75. The van der Waals surface area contributed by atoms with Gasteiger partial charge in [0.15, 0.2) is 0 Å². The average Bonchev–Trinajstić information content (AvgIpc) is 2.96. The van der Waals surface area contributed by atoms with E-state index in [2.05, 4.69) is 0 Å². The van der Waals surface area contributed by atoms with Gasteiger partial charge in [-0.3, -0.25) is 9.80 Å². The molecule has 11 nitrogen and oxygen atoms in total. The molecule has 0 aromatic heterocycles. The number of amides is 3. The molecule has 2 aromatic carbocycles. The zero-order chi connectivity index (χ0) is 30.7. The lowest BCUT2D eigenvalue weighted by Crippen LogP contribution is -2.61. The molecule has 3 rings (SSSR count). The number of aliphatic hydroxyl groups excluding tert-OH is 1. The maximum atomic E-state index is 13.9. The van der Waals surface area contributed by atoms with E-state index >= 15 is 0 Å². The maximum Gasteiger partial charge on any atom is 0.346 e. The number of hydrogen-bond acceptors (Lipinski definition) is 8. The minimum Gasteiger partial charge on any atom is -0.514 e. The molecule has 228 valence electrons. The van der Waals surface area contributed by atoms with Crippen molar-refractivity contribution in [2.24, 2.45) is 0 Å². The van der Waals surface area contributed by atoms with Gasteiger partial charge in [0, 0.05) is 27.2 Å². The number of aliphatic hydroxyl groups is 1. The van der Waals surface area contributed by atoms with Crippen molar-refractivity contribution in [2.75, 3.05) is 26.8 Å². The third-order valence-corrected chi connectivity index (χ3v) is 7.11. The van der Waals surface area contributed by atoms with E-state index in [1.165, 1.54) is 37.1 Å². The van der Waals surface area contributed by atoms with Crippen LogP contribution in [-0.4, -0.2) is 81.5 Å². The summed E-state index contributed by atoms with van der Waals surface area (Å²) in [5.74, 6) is -2.09. The second kappa shape index (κ2) is 15.3. The predicted octanol–water partition coefficient (Wildman–Crippen LogP) is 4.65. The Morgan fingerprint density at radius 2 is 1.69 bits per heavy atom. The van der Waals surface area contributed by atoms with Gasteiger partial charge >= 0.3 is 12.0 Å². The van der Waals surface area contributed by atoms with Gasteiger partial charge < -0.3 is 24.4 Å². The largest absolute Gasteiger partial charge is 0.514 e. The fourth-order valence-electron chi connectivity index (χ4n) is 4.75. The van der Waals surface area contributed by atoms with Gasteiger partial charge in [0.25, 0.3) is 0 Å². The number of hydrogen-bond donors (Lipinski definition) is 2. The minimum absolute atomic E-state index is 0.0911. The topological polar surface area (TPSA) is 129 Å². The zero-order valence-corrected chi connectivity index (χ0v) is 24.6. The highest BCUT2D eigenvalue weighted by molar-refractivity contribution is 5.99. The van der Waals surface area contributed by atoms with Crippen molar-refractivity contribution in [3.8, 4) is 0 Å². The molecule has 1 aliphatic rings. The molecule has 1 fully saturated rings. The summed E-state index contributed by atoms with van der Waals surface area (Å²) in [6.07, 6.45) is 2.46. The van der Waals surface area contributed by atoms with Crippen LogP contribution in [0.4, 0.5) is 4.79 Å². The number of carboxylic acids is 1. The summed E-state index contributed by atoms with van der Waals surface area (Å²) in [5.41, 5.74) is 0.825. The Morgan fingerprint density at radius 1 is 1.05 bits per heavy atom. The summed E-state index contributed by atoms with van der Waals surface area (Å²) in [6, 6.07) is 16.5. The molecule has 0 spiro atoms. The number of ether oxygens (including phenoxy) is 3. The number of imide groups is 1. The quantitative estimate of drug-likeness (QED) is 0.256. The lowest BCUT2D eigenvalue weighted by molar-refractivity contribution is -0.154. The number of carbonyl (C=O) groups is 3. The molecule has 0 saturated carbocycles. The van der Waals surface area contributed by atoms with Crippen molar-refractivity contribution in [1.29, 1.82) is 0 Å². The molecule has 0 unspecified atom stereocenters. The van der Waals surface area contributed by atoms with E-state index in [1.54, 1.807) is 0 Å². The van der Waals surface area contributed by atoms with Crippen molar-refractivity contribution < 1.29 is 38.8 Å². The maximum absolute atomic E-state index is 13.9. The second-order valence-corrected chi connectivity index (χ2v) is 10.6. The van der Waals surface area contributed by atoms with Gasteiger partial charge in [0.05, 0.1) is 38.3 Å². The van der Waals surface area contributed by atoms with Gasteiger partial charge in [0.2, 0.25) is 5.91 Å².